The maximum absolute atomic E-state index is 13.8. The fraction of sp³-hybridized carbons (Fsp3) is 0.107. The van der Waals surface area contributed by atoms with Gasteiger partial charge in [0.05, 0.1) is 22.5 Å². The first-order valence-electron chi connectivity index (χ1n) is 11.1. The largest absolute Gasteiger partial charge is 0.508 e. The average Bonchev–Trinajstić information content (AvgIpc) is 3.25. The van der Waals surface area contributed by atoms with Crippen LogP contribution in [0.5, 0.6) is 5.75 Å². The van der Waals surface area contributed by atoms with Crippen molar-refractivity contribution in [3.8, 4) is 5.75 Å². The summed E-state index contributed by atoms with van der Waals surface area (Å²) in [5.41, 5.74) is 4.43. The Kier molecular flexibility index (Phi) is 5.97. The van der Waals surface area contributed by atoms with Crippen LogP contribution in [0.3, 0.4) is 0 Å². The molecule has 0 fully saturated rings. The number of fused-ring (bicyclic) bond motifs is 2. The van der Waals surface area contributed by atoms with Gasteiger partial charge in [0.25, 0.3) is 5.91 Å². The number of esters is 1. The Morgan fingerprint density at radius 1 is 1.00 bits per heavy atom. The number of para-hydroxylation sites is 2. The second kappa shape index (κ2) is 9.38. The maximum atomic E-state index is 13.8. The van der Waals surface area contributed by atoms with Crippen molar-refractivity contribution in [3.05, 3.63) is 101 Å². The molecule has 6 nitrogen and oxygen atoms in total. The van der Waals surface area contributed by atoms with Gasteiger partial charge in [-0.1, -0.05) is 42.5 Å². The second-order valence-electron chi connectivity index (χ2n) is 8.20. The van der Waals surface area contributed by atoms with E-state index in [0.29, 0.717) is 29.3 Å². The molecule has 0 bridgehead atoms. The van der Waals surface area contributed by atoms with Gasteiger partial charge in [-0.05, 0) is 65.9 Å². The van der Waals surface area contributed by atoms with Crippen molar-refractivity contribution in [1.29, 1.82) is 0 Å². The summed E-state index contributed by atoms with van der Waals surface area (Å²) >= 11 is 0. The van der Waals surface area contributed by atoms with Crippen molar-refractivity contribution in [2.75, 3.05) is 11.9 Å². The van der Waals surface area contributed by atoms with Crippen molar-refractivity contribution in [2.45, 2.75) is 12.8 Å². The summed E-state index contributed by atoms with van der Waals surface area (Å²) in [6, 6.07) is 19.9. The minimum atomic E-state index is -0.633. The molecule has 1 aliphatic rings. The molecule has 1 aromatic heterocycles. The SMILES string of the molecule is O=C(COC(=O)c1c2c(nc3ccccc13)/C(=C/c1ccc(O)cc1)CC2)Nc1ccccc1F. The smallest absolute Gasteiger partial charge is 0.339 e. The van der Waals surface area contributed by atoms with Crippen LogP contribution in [0.25, 0.3) is 22.6 Å². The Hall–Kier alpha value is -4.52. The lowest BCUT2D eigenvalue weighted by molar-refractivity contribution is -0.119. The first-order chi connectivity index (χ1) is 17.0. The minimum Gasteiger partial charge on any atom is -0.508 e. The monoisotopic (exact) mass is 468 g/mol. The zero-order valence-electron chi connectivity index (χ0n) is 18.6. The molecular weight excluding hydrogens is 447 g/mol. The van der Waals surface area contributed by atoms with Crippen LogP contribution >= 0.6 is 0 Å². The Balaban J connectivity index is 1.44. The molecule has 3 aromatic carbocycles. The Labute approximate surface area is 200 Å². The maximum Gasteiger partial charge on any atom is 0.339 e. The molecule has 0 aliphatic heterocycles. The van der Waals surface area contributed by atoms with E-state index in [-0.39, 0.29) is 11.4 Å². The predicted molar refractivity (Wildman–Crippen MR) is 131 cm³/mol. The number of halogens is 1. The number of carbonyl (C=O) groups is 2. The molecule has 35 heavy (non-hydrogen) atoms. The molecule has 4 aromatic rings. The Morgan fingerprint density at radius 2 is 1.74 bits per heavy atom. The van der Waals surface area contributed by atoms with Gasteiger partial charge < -0.3 is 15.2 Å². The third kappa shape index (κ3) is 4.61. The molecule has 7 heteroatoms. The normalized spacial score (nSPS) is 13.6. The number of carbonyl (C=O) groups excluding carboxylic acids is 2. The van der Waals surface area contributed by atoms with Crippen LogP contribution in [0.15, 0.2) is 72.8 Å². The first kappa shape index (κ1) is 22.3. The van der Waals surface area contributed by atoms with Crippen molar-refractivity contribution in [1.82, 2.24) is 4.98 Å². The molecule has 0 saturated carbocycles. The van der Waals surface area contributed by atoms with E-state index in [4.69, 9.17) is 9.72 Å². The molecule has 1 heterocycles. The van der Waals surface area contributed by atoms with Crippen molar-refractivity contribution in [2.24, 2.45) is 0 Å². The standard InChI is InChI=1S/C28H21FN2O4/c29-22-6-2-4-8-24(22)30-25(33)16-35-28(34)26-20-5-1-3-7-23(20)31-27-18(11-14-21(26)27)15-17-9-12-19(32)13-10-17/h1-10,12-13,15,32H,11,14,16H2,(H,30,33)/b18-15+. The van der Waals surface area contributed by atoms with E-state index in [0.717, 1.165) is 22.4 Å². The van der Waals surface area contributed by atoms with Gasteiger partial charge in [-0.3, -0.25) is 4.79 Å². The summed E-state index contributed by atoms with van der Waals surface area (Å²) in [4.78, 5) is 30.3. The summed E-state index contributed by atoms with van der Waals surface area (Å²) in [5, 5.41) is 12.6. The molecule has 0 saturated heterocycles. The zero-order chi connectivity index (χ0) is 24.4. The molecule has 1 aliphatic carbocycles. The van der Waals surface area contributed by atoms with Gasteiger partial charge in [0.15, 0.2) is 6.61 Å². The summed E-state index contributed by atoms with van der Waals surface area (Å²) in [7, 11) is 0. The van der Waals surface area contributed by atoms with E-state index in [1.807, 2.05) is 36.4 Å². The van der Waals surface area contributed by atoms with Gasteiger partial charge in [0, 0.05) is 5.39 Å². The van der Waals surface area contributed by atoms with Gasteiger partial charge in [0.2, 0.25) is 0 Å². The highest BCUT2D eigenvalue weighted by Crippen LogP contribution is 2.38. The molecule has 0 spiro atoms. The first-order valence-corrected chi connectivity index (χ1v) is 11.1. The number of allylic oxidation sites excluding steroid dienone is 1. The number of pyridine rings is 1. The number of nitrogens with one attached hydrogen (secondary N) is 1. The van der Waals surface area contributed by atoms with Crippen molar-refractivity contribution in [3.63, 3.8) is 0 Å². The molecule has 1 amide bonds. The van der Waals surface area contributed by atoms with Gasteiger partial charge in [-0.2, -0.15) is 0 Å². The third-order valence-corrected chi connectivity index (χ3v) is 5.86. The average molecular weight is 468 g/mol. The fourth-order valence-corrected chi connectivity index (χ4v) is 4.24. The number of hydrogen-bond acceptors (Lipinski definition) is 5. The number of ether oxygens (including phenoxy) is 1. The van der Waals surface area contributed by atoms with E-state index < -0.39 is 24.3 Å². The number of benzene rings is 3. The van der Waals surface area contributed by atoms with Crippen LogP contribution in [0, 0.1) is 5.82 Å². The third-order valence-electron chi connectivity index (χ3n) is 5.86. The summed E-state index contributed by atoms with van der Waals surface area (Å²) in [6.45, 7) is -0.547. The predicted octanol–water partition coefficient (Wildman–Crippen LogP) is 5.36. The number of hydrogen-bond donors (Lipinski definition) is 2. The molecule has 174 valence electrons. The van der Waals surface area contributed by atoms with Crippen LogP contribution in [0.2, 0.25) is 0 Å². The lowest BCUT2D eigenvalue weighted by atomic mass is 10.0. The zero-order valence-corrected chi connectivity index (χ0v) is 18.6. The van der Waals surface area contributed by atoms with Crippen molar-refractivity contribution >= 4 is 40.1 Å². The molecule has 2 N–H and O–H groups in total. The van der Waals surface area contributed by atoms with E-state index in [1.54, 1.807) is 24.3 Å². The number of nitrogens with zero attached hydrogens (tertiary/aromatic N) is 1. The minimum absolute atomic E-state index is 0.0211. The van der Waals surface area contributed by atoms with Gasteiger partial charge in [-0.15, -0.1) is 0 Å². The van der Waals surface area contributed by atoms with E-state index in [2.05, 4.69) is 5.32 Å². The van der Waals surface area contributed by atoms with Crippen LogP contribution < -0.4 is 5.32 Å². The van der Waals surface area contributed by atoms with Gasteiger partial charge in [0.1, 0.15) is 11.6 Å². The molecular formula is C28H21FN2O4. The lowest BCUT2D eigenvalue weighted by Crippen LogP contribution is -2.22. The van der Waals surface area contributed by atoms with Gasteiger partial charge >= 0.3 is 5.97 Å². The number of aromatic hydroxyl groups is 1. The van der Waals surface area contributed by atoms with Crippen molar-refractivity contribution < 1.29 is 23.8 Å². The molecule has 0 unspecified atom stereocenters. The topological polar surface area (TPSA) is 88.5 Å². The number of phenolic OH excluding ortho intramolecular Hbond substituents is 1. The van der Waals surface area contributed by atoms with E-state index in [1.165, 1.54) is 18.2 Å². The molecule has 0 atom stereocenters. The van der Waals surface area contributed by atoms with Crippen LogP contribution in [-0.4, -0.2) is 28.6 Å². The summed E-state index contributed by atoms with van der Waals surface area (Å²) in [5.74, 6) is -1.65. The quantitative estimate of drug-likeness (QED) is 0.385. The number of aromatic nitrogens is 1. The highest BCUT2D eigenvalue weighted by Gasteiger charge is 2.28. The van der Waals surface area contributed by atoms with Crippen LogP contribution in [-0.2, 0) is 16.0 Å². The molecule has 0 radical (unpaired) electrons. The fourth-order valence-electron chi connectivity index (χ4n) is 4.24. The lowest BCUT2D eigenvalue weighted by Gasteiger charge is -2.12. The van der Waals surface area contributed by atoms with Gasteiger partial charge in [-0.25, -0.2) is 14.2 Å². The van der Waals surface area contributed by atoms with Crippen LogP contribution in [0.4, 0.5) is 10.1 Å². The number of phenols is 1. The summed E-state index contributed by atoms with van der Waals surface area (Å²) in [6.07, 6.45) is 3.28. The Morgan fingerprint density at radius 3 is 2.54 bits per heavy atom. The highest BCUT2D eigenvalue weighted by molar-refractivity contribution is 6.08. The Bertz CT molecular complexity index is 1480. The van der Waals surface area contributed by atoms with E-state index in [9.17, 15) is 19.1 Å². The number of rotatable bonds is 5. The van der Waals surface area contributed by atoms with E-state index >= 15 is 0 Å². The number of anilines is 1. The number of amides is 1. The van der Waals surface area contributed by atoms with Crippen LogP contribution in [0.1, 0.15) is 33.6 Å². The second-order valence-corrected chi connectivity index (χ2v) is 8.20. The summed E-state index contributed by atoms with van der Waals surface area (Å²) < 4.78 is 19.2. The highest BCUT2D eigenvalue weighted by atomic mass is 19.1. The molecule has 5 rings (SSSR count).